The van der Waals surface area contributed by atoms with Gasteiger partial charge in [-0.2, -0.15) is 0 Å². The summed E-state index contributed by atoms with van der Waals surface area (Å²) in [5, 5.41) is 3.54. The SMILES string of the molecule is CC1CN(C2(C)CCCOC2)C(C)CN1. The summed E-state index contributed by atoms with van der Waals surface area (Å²) in [6.45, 7) is 11.1. The molecule has 15 heavy (non-hydrogen) atoms. The molecule has 0 amide bonds. The molecule has 2 saturated heterocycles. The van der Waals surface area contributed by atoms with Crippen LogP contribution in [0.5, 0.6) is 0 Å². The first-order valence-electron chi connectivity index (χ1n) is 6.20. The zero-order valence-corrected chi connectivity index (χ0v) is 10.3. The van der Waals surface area contributed by atoms with Crippen LogP contribution in [-0.2, 0) is 4.74 Å². The molecule has 2 fully saturated rings. The normalized spacial score (nSPS) is 44.2. The molecule has 0 saturated carbocycles. The van der Waals surface area contributed by atoms with Crippen molar-refractivity contribution in [3.05, 3.63) is 0 Å². The first kappa shape index (κ1) is 11.4. The highest BCUT2D eigenvalue weighted by Crippen LogP contribution is 2.29. The van der Waals surface area contributed by atoms with Crippen LogP contribution in [0, 0.1) is 0 Å². The van der Waals surface area contributed by atoms with Gasteiger partial charge in [0.25, 0.3) is 0 Å². The summed E-state index contributed by atoms with van der Waals surface area (Å²) in [5.74, 6) is 0. The molecule has 3 atom stereocenters. The van der Waals surface area contributed by atoms with Gasteiger partial charge in [0.15, 0.2) is 0 Å². The third kappa shape index (κ3) is 2.35. The molecular formula is C12H24N2O. The Hall–Kier alpha value is -0.120. The molecule has 0 radical (unpaired) electrons. The molecule has 3 nitrogen and oxygen atoms in total. The quantitative estimate of drug-likeness (QED) is 0.708. The largest absolute Gasteiger partial charge is 0.380 e. The predicted molar refractivity (Wildman–Crippen MR) is 62.1 cm³/mol. The van der Waals surface area contributed by atoms with Gasteiger partial charge < -0.3 is 10.1 Å². The number of piperazine rings is 1. The predicted octanol–water partition coefficient (Wildman–Crippen LogP) is 1.24. The van der Waals surface area contributed by atoms with Crippen molar-refractivity contribution in [2.24, 2.45) is 0 Å². The molecule has 88 valence electrons. The fraction of sp³-hybridized carbons (Fsp3) is 1.00. The first-order valence-corrected chi connectivity index (χ1v) is 6.20. The topological polar surface area (TPSA) is 24.5 Å². The zero-order chi connectivity index (χ0) is 10.9. The number of ether oxygens (including phenoxy) is 1. The van der Waals surface area contributed by atoms with Gasteiger partial charge in [-0.25, -0.2) is 0 Å². The lowest BCUT2D eigenvalue weighted by atomic mass is 9.89. The summed E-state index contributed by atoms with van der Waals surface area (Å²) >= 11 is 0. The minimum atomic E-state index is 0.272. The van der Waals surface area contributed by atoms with E-state index in [1.807, 2.05) is 0 Å². The highest BCUT2D eigenvalue weighted by molar-refractivity contribution is 4.95. The van der Waals surface area contributed by atoms with E-state index in [1.165, 1.54) is 12.8 Å². The Kier molecular flexibility index (Phi) is 3.33. The van der Waals surface area contributed by atoms with E-state index in [9.17, 15) is 0 Å². The van der Waals surface area contributed by atoms with Gasteiger partial charge in [0, 0.05) is 37.3 Å². The van der Waals surface area contributed by atoms with Gasteiger partial charge in [0.2, 0.25) is 0 Å². The smallest absolute Gasteiger partial charge is 0.0647 e. The van der Waals surface area contributed by atoms with Gasteiger partial charge in [-0.15, -0.1) is 0 Å². The van der Waals surface area contributed by atoms with E-state index in [0.717, 1.165) is 26.3 Å². The number of nitrogens with zero attached hydrogens (tertiary/aromatic N) is 1. The van der Waals surface area contributed by atoms with Gasteiger partial charge in [0.1, 0.15) is 0 Å². The van der Waals surface area contributed by atoms with E-state index >= 15 is 0 Å². The molecule has 0 bridgehead atoms. The molecule has 2 heterocycles. The monoisotopic (exact) mass is 212 g/mol. The Balaban J connectivity index is 2.05. The Morgan fingerprint density at radius 2 is 2.20 bits per heavy atom. The lowest BCUT2D eigenvalue weighted by Gasteiger charge is -2.50. The molecular weight excluding hydrogens is 188 g/mol. The minimum Gasteiger partial charge on any atom is -0.380 e. The second-order valence-electron chi connectivity index (χ2n) is 5.46. The Bertz CT molecular complexity index is 214. The van der Waals surface area contributed by atoms with Crippen molar-refractivity contribution in [2.75, 3.05) is 26.3 Å². The van der Waals surface area contributed by atoms with Gasteiger partial charge >= 0.3 is 0 Å². The summed E-state index contributed by atoms with van der Waals surface area (Å²) < 4.78 is 5.66. The average Bonchev–Trinajstić information content (AvgIpc) is 2.23. The van der Waals surface area contributed by atoms with Crippen LogP contribution in [0.3, 0.4) is 0 Å². The van der Waals surface area contributed by atoms with Crippen LogP contribution >= 0.6 is 0 Å². The van der Waals surface area contributed by atoms with Crippen LogP contribution in [0.1, 0.15) is 33.6 Å². The fourth-order valence-electron chi connectivity index (χ4n) is 2.92. The van der Waals surface area contributed by atoms with Crippen molar-refractivity contribution in [3.63, 3.8) is 0 Å². The van der Waals surface area contributed by atoms with Crippen LogP contribution in [-0.4, -0.2) is 48.8 Å². The summed E-state index contributed by atoms with van der Waals surface area (Å²) in [4.78, 5) is 2.65. The fourth-order valence-corrected chi connectivity index (χ4v) is 2.92. The van der Waals surface area contributed by atoms with Crippen LogP contribution in [0.15, 0.2) is 0 Å². The molecule has 2 rings (SSSR count). The van der Waals surface area contributed by atoms with Gasteiger partial charge in [0.05, 0.1) is 6.61 Å². The van der Waals surface area contributed by atoms with Gasteiger partial charge in [-0.1, -0.05) is 0 Å². The molecule has 1 N–H and O–H groups in total. The maximum Gasteiger partial charge on any atom is 0.0647 e. The lowest BCUT2D eigenvalue weighted by molar-refractivity contribution is -0.0668. The second kappa shape index (κ2) is 4.40. The molecule has 0 aromatic rings. The standard InChI is InChI=1S/C12H24N2O/c1-10-8-14(11(2)7-13-10)12(3)5-4-6-15-9-12/h10-11,13H,4-9H2,1-3H3. The van der Waals surface area contributed by atoms with E-state index in [1.54, 1.807) is 0 Å². The summed E-state index contributed by atoms with van der Waals surface area (Å²) in [5.41, 5.74) is 0.272. The highest BCUT2D eigenvalue weighted by atomic mass is 16.5. The first-order chi connectivity index (χ1) is 7.12. The Morgan fingerprint density at radius 1 is 1.40 bits per heavy atom. The Labute approximate surface area is 93.2 Å². The number of nitrogens with one attached hydrogen (secondary N) is 1. The highest BCUT2D eigenvalue weighted by Gasteiger charge is 2.39. The zero-order valence-electron chi connectivity index (χ0n) is 10.3. The van der Waals surface area contributed by atoms with Gasteiger partial charge in [-0.3, -0.25) is 4.90 Å². The Morgan fingerprint density at radius 3 is 2.87 bits per heavy atom. The van der Waals surface area contributed by atoms with E-state index in [2.05, 4.69) is 31.0 Å². The maximum absolute atomic E-state index is 5.66. The average molecular weight is 212 g/mol. The molecule has 2 aliphatic heterocycles. The molecule has 0 aliphatic carbocycles. The van der Waals surface area contributed by atoms with E-state index < -0.39 is 0 Å². The van der Waals surface area contributed by atoms with Crippen molar-refractivity contribution >= 4 is 0 Å². The van der Waals surface area contributed by atoms with Gasteiger partial charge in [-0.05, 0) is 33.6 Å². The second-order valence-corrected chi connectivity index (χ2v) is 5.46. The number of rotatable bonds is 1. The minimum absolute atomic E-state index is 0.272. The van der Waals surface area contributed by atoms with Crippen molar-refractivity contribution < 1.29 is 4.74 Å². The molecule has 2 aliphatic rings. The third-order valence-electron chi connectivity index (χ3n) is 3.87. The summed E-state index contributed by atoms with van der Waals surface area (Å²) in [6.07, 6.45) is 2.49. The number of hydrogen-bond donors (Lipinski definition) is 1. The van der Waals surface area contributed by atoms with Crippen molar-refractivity contribution in [1.29, 1.82) is 0 Å². The van der Waals surface area contributed by atoms with E-state index in [0.29, 0.717) is 12.1 Å². The van der Waals surface area contributed by atoms with Crippen molar-refractivity contribution in [3.8, 4) is 0 Å². The summed E-state index contributed by atoms with van der Waals surface area (Å²) in [6, 6.07) is 1.24. The van der Waals surface area contributed by atoms with Crippen molar-refractivity contribution in [2.45, 2.75) is 51.2 Å². The summed E-state index contributed by atoms with van der Waals surface area (Å²) in [7, 11) is 0. The van der Waals surface area contributed by atoms with Crippen LogP contribution in [0.25, 0.3) is 0 Å². The van der Waals surface area contributed by atoms with Crippen LogP contribution < -0.4 is 5.32 Å². The number of hydrogen-bond acceptors (Lipinski definition) is 3. The maximum atomic E-state index is 5.66. The molecule has 0 aromatic carbocycles. The van der Waals surface area contributed by atoms with Crippen molar-refractivity contribution in [1.82, 2.24) is 10.2 Å². The molecule has 0 spiro atoms. The molecule has 0 aromatic heterocycles. The third-order valence-corrected chi connectivity index (χ3v) is 3.87. The molecule has 3 heteroatoms. The van der Waals surface area contributed by atoms with Crippen LogP contribution in [0.4, 0.5) is 0 Å². The van der Waals surface area contributed by atoms with Crippen LogP contribution in [0.2, 0.25) is 0 Å². The molecule has 3 unspecified atom stereocenters. The van der Waals surface area contributed by atoms with E-state index in [-0.39, 0.29) is 5.54 Å². The lowest BCUT2D eigenvalue weighted by Crippen LogP contribution is -2.64. The van der Waals surface area contributed by atoms with E-state index in [4.69, 9.17) is 4.74 Å².